The van der Waals surface area contributed by atoms with Crippen molar-refractivity contribution in [2.45, 2.75) is 32.9 Å². The molecule has 0 fully saturated rings. The molecule has 25 heavy (non-hydrogen) atoms. The number of nitrogens with one attached hydrogen (secondary N) is 2. The van der Waals surface area contributed by atoms with Crippen molar-refractivity contribution < 1.29 is 28.6 Å². The summed E-state index contributed by atoms with van der Waals surface area (Å²) in [5.74, 6) is -0.738. The minimum absolute atomic E-state index is 0.131. The Morgan fingerprint density at radius 3 is 2.00 bits per heavy atom. The molecule has 3 amide bonds. The Morgan fingerprint density at radius 1 is 1.04 bits per heavy atom. The molecule has 1 aromatic rings. The van der Waals surface area contributed by atoms with Crippen LogP contribution in [-0.2, 0) is 9.53 Å². The van der Waals surface area contributed by atoms with E-state index in [4.69, 9.17) is 14.2 Å². The van der Waals surface area contributed by atoms with E-state index < -0.39 is 24.0 Å². The molecule has 0 aromatic heterocycles. The third-order valence-electron chi connectivity index (χ3n) is 2.99. The van der Waals surface area contributed by atoms with Crippen LogP contribution in [0.25, 0.3) is 0 Å². The van der Waals surface area contributed by atoms with Gasteiger partial charge in [-0.2, -0.15) is 0 Å². The Bertz CT molecular complexity index is 637. The van der Waals surface area contributed by atoms with Crippen LogP contribution in [0.15, 0.2) is 16.6 Å². The smallest absolute Gasteiger partial charge is 0.339 e. The minimum Gasteiger partial charge on any atom is -0.495 e. The Kier molecular flexibility index (Phi) is 7.69. The van der Waals surface area contributed by atoms with Crippen LogP contribution in [0, 0.1) is 0 Å². The van der Waals surface area contributed by atoms with Crippen molar-refractivity contribution in [1.82, 2.24) is 10.6 Å². The second kappa shape index (κ2) is 9.26. The average molecular weight is 417 g/mol. The van der Waals surface area contributed by atoms with Gasteiger partial charge in [0, 0.05) is 6.04 Å². The molecule has 9 heteroatoms. The molecule has 1 atom stereocenters. The molecule has 0 spiro atoms. The summed E-state index contributed by atoms with van der Waals surface area (Å²) in [4.78, 5) is 35.6. The molecule has 8 nitrogen and oxygen atoms in total. The number of urea groups is 1. The first-order valence-corrected chi connectivity index (χ1v) is 8.22. The van der Waals surface area contributed by atoms with Gasteiger partial charge in [0.05, 0.1) is 19.8 Å². The van der Waals surface area contributed by atoms with Gasteiger partial charge in [0.1, 0.15) is 16.0 Å². The van der Waals surface area contributed by atoms with Crippen molar-refractivity contribution >= 4 is 33.8 Å². The van der Waals surface area contributed by atoms with E-state index in [2.05, 4.69) is 26.6 Å². The lowest BCUT2D eigenvalue weighted by Crippen LogP contribution is -2.46. The molecule has 0 aliphatic heterocycles. The first-order chi connectivity index (χ1) is 11.7. The lowest BCUT2D eigenvalue weighted by atomic mass is 10.2. The lowest BCUT2D eigenvalue weighted by molar-refractivity contribution is -0.127. The molecular formula is C16H21BrN2O6. The summed E-state index contributed by atoms with van der Waals surface area (Å²) in [7, 11) is 2.89. The van der Waals surface area contributed by atoms with Crippen molar-refractivity contribution in [3.63, 3.8) is 0 Å². The number of rotatable bonds is 6. The number of halogens is 1. The summed E-state index contributed by atoms with van der Waals surface area (Å²) in [5, 5.41) is 4.60. The summed E-state index contributed by atoms with van der Waals surface area (Å²) in [6.45, 7) is 4.87. The van der Waals surface area contributed by atoms with Crippen LogP contribution >= 0.6 is 15.9 Å². The van der Waals surface area contributed by atoms with Gasteiger partial charge < -0.3 is 19.5 Å². The van der Waals surface area contributed by atoms with Crippen LogP contribution in [0.2, 0.25) is 0 Å². The van der Waals surface area contributed by atoms with Crippen molar-refractivity contribution in [3.05, 3.63) is 22.2 Å². The first kappa shape index (κ1) is 20.8. The van der Waals surface area contributed by atoms with Crippen LogP contribution in [-0.4, -0.2) is 44.3 Å². The molecule has 0 unspecified atom stereocenters. The molecule has 2 N–H and O–H groups in total. The SMILES string of the molecule is COc1cc(C(=O)O[C@H](C)C(=O)NC(=O)NC(C)C)cc(OC)c1Br. The maximum Gasteiger partial charge on any atom is 0.339 e. The van der Waals surface area contributed by atoms with E-state index in [1.165, 1.54) is 33.3 Å². The molecule has 138 valence electrons. The molecule has 1 rings (SSSR count). The van der Waals surface area contributed by atoms with E-state index in [0.717, 1.165) is 0 Å². The number of carbonyl (C=O) groups is 3. The fraction of sp³-hybridized carbons (Fsp3) is 0.438. The van der Waals surface area contributed by atoms with Gasteiger partial charge in [-0.1, -0.05) is 0 Å². The van der Waals surface area contributed by atoms with Gasteiger partial charge >= 0.3 is 12.0 Å². The van der Waals surface area contributed by atoms with E-state index in [9.17, 15) is 14.4 Å². The largest absolute Gasteiger partial charge is 0.495 e. The fourth-order valence-electron chi connectivity index (χ4n) is 1.78. The summed E-state index contributed by atoms with van der Waals surface area (Å²) >= 11 is 3.29. The second-order valence-electron chi connectivity index (χ2n) is 5.36. The van der Waals surface area contributed by atoms with Gasteiger partial charge in [0.25, 0.3) is 5.91 Å². The summed E-state index contributed by atoms with van der Waals surface area (Å²) in [6, 6.07) is 2.11. The van der Waals surface area contributed by atoms with E-state index in [-0.39, 0.29) is 11.6 Å². The van der Waals surface area contributed by atoms with Crippen molar-refractivity contribution in [2.75, 3.05) is 14.2 Å². The Hall–Kier alpha value is -2.29. The number of imide groups is 1. The van der Waals surface area contributed by atoms with Gasteiger partial charge in [-0.3, -0.25) is 10.1 Å². The second-order valence-corrected chi connectivity index (χ2v) is 6.15. The maximum absolute atomic E-state index is 12.2. The molecular weight excluding hydrogens is 396 g/mol. The predicted octanol–water partition coefficient (Wildman–Crippen LogP) is 2.25. The number of methoxy groups -OCH3 is 2. The maximum atomic E-state index is 12.2. The average Bonchev–Trinajstić information content (AvgIpc) is 2.53. The zero-order valence-corrected chi connectivity index (χ0v) is 16.2. The van der Waals surface area contributed by atoms with E-state index >= 15 is 0 Å². The lowest BCUT2D eigenvalue weighted by Gasteiger charge is -2.15. The van der Waals surface area contributed by atoms with Crippen LogP contribution < -0.4 is 20.1 Å². The number of hydrogen-bond donors (Lipinski definition) is 2. The highest BCUT2D eigenvalue weighted by atomic mass is 79.9. The number of hydrogen-bond acceptors (Lipinski definition) is 6. The minimum atomic E-state index is -1.16. The molecule has 0 aliphatic rings. The third kappa shape index (κ3) is 5.93. The summed E-state index contributed by atoms with van der Waals surface area (Å²) in [5.41, 5.74) is 0.142. The van der Waals surface area contributed by atoms with E-state index in [0.29, 0.717) is 16.0 Å². The third-order valence-corrected chi connectivity index (χ3v) is 3.77. The fourth-order valence-corrected chi connectivity index (χ4v) is 2.33. The summed E-state index contributed by atoms with van der Waals surface area (Å²) < 4.78 is 15.9. The molecule has 0 aliphatic carbocycles. The number of benzene rings is 1. The van der Waals surface area contributed by atoms with Gasteiger partial charge in [-0.05, 0) is 48.8 Å². The quantitative estimate of drug-likeness (QED) is 0.689. The number of ether oxygens (including phenoxy) is 3. The topological polar surface area (TPSA) is 103 Å². The highest BCUT2D eigenvalue weighted by molar-refractivity contribution is 9.10. The van der Waals surface area contributed by atoms with Crippen LogP contribution in [0.3, 0.4) is 0 Å². The number of esters is 1. The van der Waals surface area contributed by atoms with Gasteiger partial charge in [-0.25, -0.2) is 9.59 Å². The molecule has 0 heterocycles. The monoisotopic (exact) mass is 416 g/mol. The Labute approximate surface area is 154 Å². The highest BCUT2D eigenvalue weighted by Gasteiger charge is 2.22. The normalized spacial score (nSPS) is 11.5. The highest BCUT2D eigenvalue weighted by Crippen LogP contribution is 2.35. The zero-order valence-electron chi connectivity index (χ0n) is 14.6. The van der Waals surface area contributed by atoms with Crippen LogP contribution in [0.5, 0.6) is 11.5 Å². The van der Waals surface area contributed by atoms with Gasteiger partial charge in [0.15, 0.2) is 6.10 Å². The van der Waals surface area contributed by atoms with Crippen molar-refractivity contribution in [1.29, 1.82) is 0 Å². The number of amides is 3. The molecule has 0 radical (unpaired) electrons. The molecule has 1 aromatic carbocycles. The Balaban J connectivity index is 2.81. The molecule has 0 saturated heterocycles. The first-order valence-electron chi connectivity index (χ1n) is 7.43. The van der Waals surface area contributed by atoms with Crippen molar-refractivity contribution in [2.24, 2.45) is 0 Å². The zero-order chi connectivity index (χ0) is 19.1. The van der Waals surface area contributed by atoms with Crippen molar-refractivity contribution in [3.8, 4) is 11.5 Å². The molecule has 0 bridgehead atoms. The standard InChI is InChI=1S/C16H21BrN2O6/c1-8(2)18-16(22)19-14(20)9(3)25-15(21)10-6-11(23-4)13(17)12(7-10)24-5/h6-9H,1-5H3,(H2,18,19,20,22)/t9-/m1/s1. The summed E-state index contributed by atoms with van der Waals surface area (Å²) in [6.07, 6.45) is -1.16. The van der Waals surface area contributed by atoms with Gasteiger partial charge in [-0.15, -0.1) is 0 Å². The number of carbonyl (C=O) groups excluding carboxylic acids is 3. The molecule has 0 saturated carbocycles. The van der Waals surface area contributed by atoms with E-state index in [1.807, 2.05) is 0 Å². The van der Waals surface area contributed by atoms with Gasteiger partial charge in [0.2, 0.25) is 0 Å². The van der Waals surface area contributed by atoms with E-state index in [1.54, 1.807) is 13.8 Å². The Morgan fingerprint density at radius 2 is 1.56 bits per heavy atom. The predicted molar refractivity (Wildman–Crippen MR) is 93.9 cm³/mol. The van der Waals surface area contributed by atoms with Crippen LogP contribution in [0.4, 0.5) is 4.79 Å². The van der Waals surface area contributed by atoms with Crippen LogP contribution in [0.1, 0.15) is 31.1 Å².